The summed E-state index contributed by atoms with van der Waals surface area (Å²) in [4.78, 5) is 20.4. The van der Waals surface area contributed by atoms with E-state index in [2.05, 4.69) is 15.3 Å². The van der Waals surface area contributed by atoms with Crippen molar-refractivity contribution in [2.75, 3.05) is 20.3 Å². The molecule has 1 aliphatic heterocycles. The number of ether oxygens (including phenoxy) is 3. The number of methoxy groups -OCH3 is 1. The van der Waals surface area contributed by atoms with Gasteiger partial charge in [0.1, 0.15) is 18.6 Å². The minimum absolute atomic E-state index is 0.00151. The standard InChI is InChI=1S/C24H21F4N3O4/c1-33-23-19(25)9-15(11-30-23)17-5-2-6-20-18(17)8-16(12-34-20)22(35-13-24(26,27)28)31-21(32)14-4-3-7-29-10-14/h2-7,9-11,16,22H,8,12-13H2,1H3,(H,31,32)/t16-,22?/m0/s1. The van der Waals surface area contributed by atoms with Crippen molar-refractivity contribution in [1.82, 2.24) is 15.3 Å². The summed E-state index contributed by atoms with van der Waals surface area (Å²) < 4.78 is 68.9. The molecule has 184 valence electrons. The quantitative estimate of drug-likeness (QED) is 0.395. The van der Waals surface area contributed by atoms with Crippen LogP contribution in [-0.4, -0.2) is 48.6 Å². The molecule has 0 aliphatic carbocycles. The molecule has 0 radical (unpaired) electrons. The van der Waals surface area contributed by atoms with Crippen LogP contribution in [0.3, 0.4) is 0 Å². The highest BCUT2D eigenvalue weighted by atomic mass is 19.4. The first kappa shape index (κ1) is 24.4. The second-order valence-electron chi connectivity index (χ2n) is 7.83. The van der Waals surface area contributed by atoms with Crippen LogP contribution in [0.4, 0.5) is 17.6 Å². The van der Waals surface area contributed by atoms with Gasteiger partial charge in [-0.25, -0.2) is 9.37 Å². The van der Waals surface area contributed by atoms with E-state index in [4.69, 9.17) is 14.2 Å². The Morgan fingerprint density at radius 3 is 2.77 bits per heavy atom. The van der Waals surface area contributed by atoms with Crippen LogP contribution in [0.15, 0.2) is 55.0 Å². The number of hydrogen-bond acceptors (Lipinski definition) is 6. The van der Waals surface area contributed by atoms with Crippen LogP contribution < -0.4 is 14.8 Å². The van der Waals surface area contributed by atoms with Crippen LogP contribution in [0, 0.1) is 11.7 Å². The molecular weight excluding hydrogens is 470 g/mol. The Morgan fingerprint density at radius 1 is 1.26 bits per heavy atom. The van der Waals surface area contributed by atoms with E-state index in [9.17, 15) is 22.4 Å². The lowest BCUT2D eigenvalue weighted by atomic mass is 9.89. The molecule has 1 aliphatic rings. The van der Waals surface area contributed by atoms with Gasteiger partial charge in [0.2, 0.25) is 5.88 Å². The maximum Gasteiger partial charge on any atom is 0.411 e. The number of hydrogen-bond donors (Lipinski definition) is 1. The zero-order valence-corrected chi connectivity index (χ0v) is 18.5. The van der Waals surface area contributed by atoms with E-state index in [1.54, 1.807) is 18.2 Å². The van der Waals surface area contributed by atoms with E-state index in [0.717, 1.165) is 0 Å². The molecule has 0 fully saturated rings. The van der Waals surface area contributed by atoms with Gasteiger partial charge in [-0.15, -0.1) is 0 Å². The maximum atomic E-state index is 14.3. The number of fused-ring (bicyclic) bond motifs is 1. The molecular formula is C24H21F4N3O4. The minimum Gasteiger partial charge on any atom is -0.493 e. The molecule has 2 aromatic heterocycles. The first-order chi connectivity index (χ1) is 16.7. The topological polar surface area (TPSA) is 82.6 Å². The van der Waals surface area contributed by atoms with Crippen LogP contribution in [0.5, 0.6) is 11.6 Å². The smallest absolute Gasteiger partial charge is 0.411 e. The zero-order chi connectivity index (χ0) is 25.0. The molecule has 0 spiro atoms. The molecule has 1 unspecified atom stereocenters. The lowest BCUT2D eigenvalue weighted by Gasteiger charge is -2.33. The van der Waals surface area contributed by atoms with Gasteiger partial charge in [0.05, 0.1) is 19.3 Å². The number of carbonyl (C=O) groups is 1. The molecule has 11 heteroatoms. The molecule has 1 amide bonds. The normalized spacial score (nSPS) is 16.1. The van der Waals surface area contributed by atoms with Crippen molar-refractivity contribution in [2.24, 2.45) is 5.92 Å². The van der Waals surface area contributed by atoms with Crippen molar-refractivity contribution in [3.63, 3.8) is 0 Å². The van der Waals surface area contributed by atoms with Crippen molar-refractivity contribution in [3.8, 4) is 22.8 Å². The number of carbonyl (C=O) groups excluding carboxylic acids is 1. The summed E-state index contributed by atoms with van der Waals surface area (Å²) >= 11 is 0. The van der Waals surface area contributed by atoms with Crippen molar-refractivity contribution in [3.05, 3.63) is 71.9 Å². The van der Waals surface area contributed by atoms with Crippen molar-refractivity contribution in [1.29, 1.82) is 0 Å². The predicted molar refractivity (Wildman–Crippen MR) is 116 cm³/mol. The van der Waals surface area contributed by atoms with Gasteiger partial charge in [0.25, 0.3) is 5.91 Å². The molecule has 0 bridgehead atoms. The van der Waals surface area contributed by atoms with E-state index >= 15 is 0 Å². The predicted octanol–water partition coefficient (Wildman–Crippen LogP) is 4.18. The third-order valence-corrected chi connectivity index (χ3v) is 5.42. The summed E-state index contributed by atoms with van der Waals surface area (Å²) in [6.45, 7) is -1.55. The Morgan fingerprint density at radius 2 is 2.09 bits per heavy atom. The van der Waals surface area contributed by atoms with Crippen LogP contribution in [0.1, 0.15) is 15.9 Å². The van der Waals surface area contributed by atoms with E-state index in [-0.39, 0.29) is 24.5 Å². The van der Waals surface area contributed by atoms with Crippen molar-refractivity contribution >= 4 is 5.91 Å². The third kappa shape index (κ3) is 5.86. The average Bonchev–Trinajstić information content (AvgIpc) is 2.85. The largest absolute Gasteiger partial charge is 0.493 e. The van der Waals surface area contributed by atoms with Gasteiger partial charge in [-0.2, -0.15) is 13.2 Å². The number of benzene rings is 1. The van der Waals surface area contributed by atoms with E-state index in [0.29, 0.717) is 22.4 Å². The lowest BCUT2D eigenvalue weighted by molar-refractivity contribution is -0.194. The number of nitrogens with zero attached hydrogens (tertiary/aromatic N) is 2. The number of pyridine rings is 2. The molecule has 2 atom stereocenters. The van der Waals surface area contributed by atoms with Gasteiger partial charge in [0, 0.05) is 35.6 Å². The number of nitrogens with one attached hydrogen (secondary N) is 1. The zero-order valence-electron chi connectivity index (χ0n) is 18.5. The number of aromatic nitrogens is 2. The Kier molecular flexibility index (Phi) is 7.15. The Hall–Kier alpha value is -3.73. The Balaban J connectivity index is 1.62. The number of alkyl halides is 3. The summed E-state index contributed by atoms with van der Waals surface area (Å²) in [6.07, 6.45) is -1.50. The highest BCUT2D eigenvalue weighted by Crippen LogP contribution is 2.37. The first-order valence-corrected chi connectivity index (χ1v) is 10.6. The molecule has 1 aromatic carbocycles. The fourth-order valence-corrected chi connectivity index (χ4v) is 3.81. The number of rotatable bonds is 7. The van der Waals surface area contributed by atoms with E-state index in [1.165, 1.54) is 43.9 Å². The Labute approximate surface area is 198 Å². The molecule has 4 rings (SSSR count). The second kappa shape index (κ2) is 10.3. The van der Waals surface area contributed by atoms with E-state index < -0.39 is 36.7 Å². The fourth-order valence-electron chi connectivity index (χ4n) is 3.81. The SMILES string of the molecule is COc1ncc(-c2cccc3c2C[C@H](C(NC(=O)c2cccnc2)OCC(F)(F)F)CO3)cc1F. The molecule has 35 heavy (non-hydrogen) atoms. The molecule has 7 nitrogen and oxygen atoms in total. The first-order valence-electron chi connectivity index (χ1n) is 10.6. The van der Waals surface area contributed by atoms with Gasteiger partial charge in [-0.1, -0.05) is 12.1 Å². The maximum absolute atomic E-state index is 14.3. The van der Waals surface area contributed by atoms with Gasteiger partial charge < -0.3 is 19.5 Å². The van der Waals surface area contributed by atoms with Crippen molar-refractivity contribution in [2.45, 2.75) is 18.8 Å². The van der Waals surface area contributed by atoms with Gasteiger partial charge in [-0.05, 0) is 36.2 Å². The summed E-state index contributed by atoms with van der Waals surface area (Å²) in [5.74, 6) is -1.62. The number of amides is 1. The van der Waals surface area contributed by atoms with Gasteiger partial charge in [-0.3, -0.25) is 9.78 Å². The summed E-state index contributed by atoms with van der Waals surface area (Å²) in [5.41, 5.74) is 1.84. The highest BCUT2D eigenvalue weighted by Gasteiger charge is 2.35. The fraction of sp³-hybridized carbons (Fsp3) is 0.292. The second-order valence-corrected chi connectivity index (χ2v) is 7.83. The molecule has 0 saturated carbocycles. The monoisotopic (exact) mass is 491 g/mol. The van der Waals surface area contributed by atoms with Crippen LogP contribution in [0.2, 0.25) is 0 Å². The average molecular weight is 491 g/mol. The molecule has 0 saturated heterocycles. The van der Waals surface area contributed by atoms with Crippen LogP contribution in [0.25, 0.3) is 11.1 Å². The molecule has 3 aromatic rings. The minimum atomic E-state index is -4.60. The lowest BCUT2D eigenvalue weighted by Crippen LogP contribution is -2.47. The van der Waals surface area contributed by atoms with Crippen molar-refractivity contribution < 1.29 is 36.6 Å². The summed E-state index contributed by atoms with van der Waals surface area (Å²) in [6, 6.07) is 9.44. The number of halogens is 4. The Bertz CT molecular complexity index is 1190. The van der Waals surface area contributed by atoms with Crippen LogP contribution in [-0.2, 0) is 11.2 Å². The highest BCUT2D eigenvalue weighted by molar-refractivity contribution is 5.93. The van der Waals surface area contributed by atoms with E-state index in [1.807, 2.05) is 0 Å². The molecule has 3 heterocycles. The summed E-state index contributed by atoms with van der Waals surface area (Å²) in [5, 5.41) is 2.52. The van der Waals surface area contributed by atoms with Gasteiger partial charge in [0.15, 0.2) is 5.82 Å². The molecule has 1 N–H and O–H groups in total. The third-order valence-electron chi connectivity index (χ3n) is 5.42. The van der Waals surface area contributed by atoms with Crippen LogP contribution >= 0.6 is 0 Å². The summed E-state index contributed by atoms with van der Waals surface area (Å²) in [7, 11) is 1.30. The van der Waals surface area contributed by atoms with Gasteiger partial charge >= 0.3 is 6.18 Å².